The number of thioether (sulfide) groups is 1. The third-order valence-corrected chi connectivity index (χ3v) is 4.60. The number of hydrogen-bond acceptors (Lipinski definition) is 6. The Bertz CT molecular complexity index is 933. The first-order chi connectivity index (χ1) is 12.7. The molecule has 0 bridgehead atoms. The highest BCUT2D eigenvalue weighted by atomic mass is 32.2. The number of halogens is 2. The van der Waals surface area contributed by atoms with Crippen LogP contribution in [0.25, 0.3) is 0 Å². The lowest BCUT2D eigenvalue weighted by atomic mass is 10.1. The van der Waals surface area contributed by atoms with Crippen LogP contribution in [0.1, 0.15) is 34.6 Å². The van der Waals surface area contributed by atoms with E-state index < -0.39 is 35.2 Å². The molecule has 0 saturated heterocycles. The van der Waals surface area contributed by atoms with Crippen LogP contribution in [-0.4, -0.2) is 34.7 Å². The topological polar surface area (TPSA) is 101 Å². The largest absolute Gasteiger partial charge is 0.465 e. The van der Waals surface area contributed by atoms with Gasteiger partial charge in [-0.2, -0.15) is 4.98 Å². The van der Waals surface area contributed by atoms with E-state index in [2.05, 4.69) is 20.0 Å². The maximum Gasteiger partial charge on any atom is 0.346 e. The SMILES string of the molecule is COC(=O)c1c(SCC(=O)N[C@H](C)c2ccc(F)cc2F)nc(=O)[nH]c1C. The predicted molar refractivity (Wildman–Crippen MR) is 94.6 cm³/mol. The van der Waals surface area contributed by atoms with Crippen molar-refractivity contribution in [2.24, 2.45) is 0 Å². The Labute approximate surface area is 157 Å². The molecule has 27 heavy (non-hydrogen) atoms. The molecule has 1 aromatic carbocycles. The van der Waals surface area contributed by atoms with Gasteiger partial charge in [-0.25, -0.2) is 18.4 Å². The molecular weight excluding hydrogens is 380 g/mol. The Balaban J connectivity index is 2.09. The summed E-state index contributed by atoms with van der Waals surface area (Å²) in [5.74, 6) is -2.83. The standard InChI is InChI=1S/C17H17F2N3O4S/c1-8(11-5-4-10(18)6-12(11)19)20-13(23)7-27-15-14(16(24)26-3)9(2)21-17(25)22-15/h4-6,8H,7H2,1-3H3,(H,20,23)(H,21,22,25)/t8-/m1/s1. The molecule has 0 fully saturated rings. The number of nitrogens with zero attached hydrogens (tertiary/aromatic N) is 1. The third kappa shape index (κ3) is 5.13. The van der Waals surface area contributed by atoms with Crippen LogP contribution in [0.15, 0.2) is 28.0 Å². The van der Waals surface area contributed by atoms with Crippen LogP contribution in [0.2, 0.25) is 0 Å². The van der Waals surface area contributed by atoms with Gasteiger partial charge in [0.15, 0.2) is 0 Å². The van der Waals surface area contributed by atoms with E-state index in [1.54, 1.807) is 6.92 Å². The monoisotopic (exact) mass is 397 g/mol. The molecule has 0 aliphatic heterocycles. The van der Waals surface area contributed by atoms with E-state index in [1.165, 1.54) is 20.1 Å². The highest BCUT2D eigenvalue weighted by Crippen LogP contribution is 2.22. The number of rotatable bonds is 6. The van der Waals surface area contributed by atoms with Gasteiger partial charge in [-0.3, -0.25) is 4.79 Å². The van der Waals surface area contributed by atoms with Crippen LogP contribution < -0.4 is 11.0 Å². The smallest absolute Gasteiger partial charge is 0.346 e. The average Bonchev–Trinajstić information content (AvgIpc) is 2.58. The van der Waals surface area contributed by atoms with Crippen molar-refractivity contribution < 1.29 is 23.1 Å². The average molecular weight is 397 g/mol. The number of ether oxygens (including phenoxy) is 1. The first-order valence-electron chi connectivity index (χ1n) is 7.79. The molecule has 1 heterocycles. The Kier molecular flexibility index (Phi) is 6.67. The van der Waals surface area contributed by atoms with Crippen LogP contribution in [-0.2, 0) is 9.53 Å². The fraction of sp³-hybridized carbons (Fsp3) is 0.294. The second kappa shape index (κ2) is 8.76. The number of methoxy groups -OCH3 is 1. The number of H-pyrrole nitrogens is 1. The number of aryl methyl sites for hydroxylation is 1. The minimum absolute atomic E-state index is 0.0545. The summed E-state index contributed by atoms with van der Waals surface area (Å²) < 4.78 is 31.4. The Morgan fingerprint density at radius 3 is 2.70 bits per heavy atom. The van der Waals surface area contributed by atoms with Gasteiger partial charge in [-0.15, -0.1) is 0 Å². The first kappa shape index (κ1) is 20.6. The lowest BCUT2D eigenvalue weighted by Crippen LogP contribution is -2.29. The second-order valence-corrected chi connectivity index (χ2v) is 6.55. The van der Waals surface area contributed by atoms with Crippen LogP contribution in [0, 0.1) is 18.6 Å². The maximum absolute atomic E-state index is 13.8. The summed E-state index contributed by atoms with van der Waals surface area (Å²) in [6.07, 6.45) is 0. The summed E-state index contributed by atoms with van der Waals surface area (Å²) >= 11 is 0.873. The van der Waals surface area contributed by atoms with Crippen molar-refractivity contribution in [3.05, 3.63) is 57.1 Å². The Morgan fingerprint density at radius 1 is 1.37 bits per heavy atom. The van der Waals surface area contributed by atoms with Crippen molar-refractivity contribution in [3.8, 4) is 0 Å². The van der Waals surface area contributed by atoms with E-state index in [0.717, 1.165) is 23.9 Å². The molecule has 0 radical (unpaired) electrons. The molecule has 0 aliphatic rings. The number of esters is 1. The van der Waals surface area contributed by atoms with Gasteiger partial charge in [0.05, 0.1) is 18.9 Å². The van der Waals surface area contributed by atoms with E-state index in [9.17, 15) is 23.2 Å². The fourth-order valence-corrected chi connectivity index (χ4v) is 3.23. The van der Waals surface area contributed by atoms with Crippen LogP contribution in [0.4, 0.5) is 8.78 Å². The van der Waals surface area contributed by atoms with Gasteiger partial charge >= 0.3 is 11.7 Å². The van der Waals surface area contributed by atoms with E-state index >= 15 is 0 Å². The Morgan fingerprint density at radius 2 is 2.07 bits per heavy atom. The minimum Gasteiger partial charge on any atom is -0.465 e. The van der Waals surface area contributed by atoms with E-state index in [1.807, 2.05) is 0 Å². The zero-order valence-electron chi connectivity index (χ0n) is 14.8. The summed E-state index contributed by atoms with van der Waals surface area (Å²) in [4.78, 5) is 41.6. The molecule has 2 N–H and O–H groups in total. The molecule has 1 aromatic heterocycles. The van der Waals surface area contributed by atoms with Gasteiger partial charge in [-0.05, 0) is 19.9 Å². The van der Waals surface area contributed by atoms with Crippen LogP contribution in [0.3, 0.4) is 0 Å². The molecule has 7 nitrogen and oxygen atoms in total. The fourth-order valence-electron chi connectivity index (χ4n) is 2.35. The molecule has 144 valence electrons. The van der Waals surface area contributed by atoms with Gasteiger partial charge in [-0.1, -0.05) is 17.8 Å². The number of benzene rings is 1. The number of carbonyl (C=O) groups is 2. The molecule has 0 saturated carbocycles. The molecule has 0 aliphatic carbocycles. The zero-order valence-corrected chi connectivity index (χ0v) is 15.6. The lowest BCUT2D eigenvalue weighted by molar-refractivity contribution is -0.119. The van der Waals surface area contributed by atoms with Crippen molar-refractivity contribution in [2.45, 2.75) is 24.9 Å². The molecule has 1 atom stereocenters. The molecule has 10 heteroatoms. The van der Waals surface area contributed by atoms with Crippen molar-refractivity contribution in [2.75, 3.05) is 12.9 Å². The van der Waals surface area contributed by atoms with Gasteiger partial charge in [0.2, 0.25) is 5.91 Å². The van der Waals surface area contributed by atoms with Crippen LogP contribution in [0.5, 0.6) is 0 Å². The van der Waals surface area contributed by atoms with Gasteiger partial charge in [0.25, 0.3) is 0 Å². The van der Waals surface area contributed by atoms with E-state index in [4.69, 9.17) is 0 Å². The molecule has 0 unspecified atom stereocenters. The van der Waals surface area contributed by atoms with E-state index in [-0.39, 0.29) is 27.6 Å². The number of carbonyl (C=O) groups excluding carboxylic acids is 2. The summed E-state index contributed by atoms with van der Waals surface area (Å²) in [6, 6.07) is 2.38. The maximum atomic E-state index is 13.8. The van der Waals surface area contributed by atoms with Crippen molar-refractivity contribution >= 4 is 23.6 Å². The van der Waals surface area contributed by atoms with Gasteiger partial charge in [0.1, 0.15) is 22.2 Å². The van der Waals surface area contributed by atoms with Gasteiger partial charge < -0.3 is 15.0 Å². The molecule has 2 aromatic rings. The molecular formula is C17H17F2N3O4S. The number of amides is 1. The number of hydrogen-bond donors (Lipinski definition) is 2. The summed E-state index contributed by atoms with van der Waals surface area (Å²) in [6.45, 7) is 3.06. The summed E-state index contributed by atoms with van der Waals surface area (Å²) in [5, 5.41) is 2.62. The molecule has 1 amide bonds. The van der Waals surface area contributed by atoms with Crippen molar-refractivity contribution in [3.63, 3.8) is 0 Å². The summed E-state index contributed by atoms with van der Waals surface area (Å²) in [5.41, 5.74) is -0.195. The van der Waals surface area contributed by atoms with Gasteiger partial charge in [0, 0.05) is 17.3 Å². The Hall–Kier alpha value is -2.75. The predicted octanol–water partition coefficient (Wildman–Crippen LogP) is 2.11. The number of nitrogens with one attached hydrogen (secondary N) is 2. The van der Waals surface area contributed by atoms with Crippen molar-refractivity contribution in [1.29, 1.82) is 0 Å². The molecule has 2 rings (SSSR count). The first-order valence-corrected chi connectivity index (χ1v) is 8.77. The van der Waals surface area contributed by atoms with E-state index in [0.29, 0.717) is 0 Å². The van der Waals surface area contributed by atoms with Crippen LogP contribution >= 0.6 is 11.8 Å². The zero-order chi connectivity index (χ0) is 20.1. The highest BCUT2D eigenvalue weighted by molar-refractivity contribution is 8.00. The second-order valence-electron chi connectivity index (χ2n) is 5.58. The summed E-state index contributed by atoms with van der Waals surface area (Å²) in [7, 11) is 1.19. The number of aromatic amines is 1. The quantitative estimate of drug-likeness (QED) is 0.440. The highest BCUT2D eigenvalue weighted by Gasteiger charge is 2.20. The molecule has 0 spiro atoms. The third-order valence-electron chi connectivity index (χ3n) is 3.62. The minimum atomic E-state index is -0.768. The van der Waals surface area contributed by atoms with Crippen molar-refractivity contribution in [1.82, 2.24) is 15.3 Å². The normalized spacial score (nSPS) is 11.7. The lowest BCUT2D eigenvalue weighted by Gasteiger charge is -2.15. The number of aromatic nitrogens is 2.